The Morgan fingerprint density at radius 1 is 1.09 bits per heavy atom. The largest absolute Gasteiger partial charge is 0.377 e. The van der Waals surface area contributed by atoms with Gasteiger partial charge in [0.05, 0.1) is 0 Å². The van der Waals surface area contributed by atoms with E-state index in [9.17, 15) is 12.8 Å². The minimum absolute atomic E-state index is 0.0347. The zero-order valence-corrected chi connectivity index (χ0v) is 12.6. The van der Waals surface area contributed by atoms with Gasteiger partial charge < -0.3 is 4.18 Å². The van der Waals surface area contributed by atoms with Gasteiger partial charge in [-0.3, -0.25) is 4.98 Å². The predicted octanol–water partition coefficient (Wildman–Crippen LogP) is 3.80. The van der Waals surface area contributed by atoms with Crippen LogP contribution in [0, 0.1) is 5.82 Å². The quantitative estimate of drug-likeness (QED) is 0.682. The van der Waals surface area contributed by atoms with Crippen LogP contribution in [0.15, 0.2) is 59.6 Å². The van der Waals surface area contributed by atoms with E-state index < -0.39 is 20.8 Å². The molecule has 0 bridgehead atoms. The third-order valence-electron chi connectivity index (χ3n) is 2.96. The Labute approximate surface area is 131 Å². The Hall–Kier alpha value is -2.18. The van der Waals surface area contributed by atoms with E-state index >= 15 is 0 Å². The number of halogens is 2. The molecule has 112 valence electrons. The van der Waals surface area contributed by atoms with Gasteiger partial charge in [-0.05, 0) is 30.3 Å². The first kappa shape index (κ1) is 14.7. The molecule has 0 N–H and O–H groups in total. The van der Waals surface area contributed by atoms with Crippen LogP contribution in [0.25, 0.3) is 10.9 Å². The molecule has 3 aromatic rings. The monoisotopic (exact) mass is 337 g/mol. The summed E-state index contributed by atoms with van der Waals surface area (Å²) in [6.07, 6.45) is 1.52. The maximum atomic E-state index is 13.8. The van der Waals surface area contributed by atoms with Crippen LogP contribution in [0.4, 0.5) is 4.39 Å². The first-order chi connectivity index (χ1) is 10.5. The summed E-state index contributed by atoms with van der Waals surface area (Å²) in [6.45, 7) is 0. The van der Waals surface area contributed by atoms with E-state index in [1.807, 2.05) is 0 Å². The average molecular weight is 338 g/mol. The zero-order valence-electron chi connectivity index (χ0n) is 11.0. The molecule has 0 saturated heterocycles. The predicted molar refractivity (Wildman–Crippen MR) is 81.0 cm³/mol. The van der Waals surface area contributed by atoms with Crippen LogP contribution < -0.4 is 4.18 Å². The maximum absolute atomic E-state index is 13.8. The zero-order chi connectivity index (χ0) is 15.7. The van der Waals surface area contributed by atoms with Crippen molar-refractivity contribution in [3.63, 3.8) is 0 Å². The number of hydrogen-bond donors (Lipinski definition) is 0. The first-order valence-electron chi connectivity index (χ1n) is 6.21. The number of nitrogens with zero attached hydrogens (tertiary/aromatic N) is 1. The molecule has 2 aromatic carbocycles. The minimum Gasteiger partial charge on any atom is -0.377 e. The van der Waals surface area contributed by atoms with Crippen molar-refractivity contribution in [2.75, 3.05) is 0 Å². The van der Waals surface area contributed by atoms with Gasteiger partial charge in [0.1, 0.15) is 16.2 Å². The maximum Gasteiger partial charge on any atom is 0.342 e. The highest BCUT2D eigenvalue weighted by atomic mass is 35.5. The Morgan fingerprint density at radius 2 is 1.86 bits per heavy atom. The van der Waals surface area contributed by atoms with Crippen molar-refractivity contribution >= 4 is 32.6 Å². The molecule has 0 aliphatic carbocycles. The molecule has 4 nitrogen and oxygen atoms in total. The summed E-state index contributed by atoms with van der Waals surface area (Å²) >= 11 is 5.62. The fourth-order valence-electron chi connectivity index (χ4n) is 1.98. The molecule has 1 aromatic heterocycles. The third-order valence-corrected chi connectivity index (χ3v) is 4.46. The van der Waals surface area contributed by atoms with Gasteiger partial charge in [0.25, 0.3) is 0 Å². The van der Waals surface area contributed by atoms with Gasteiger partial charge in [-0.15, -0.1) is 0 Å². The van der Waals surface area contributed by atoms with E-state index in [1.54, 1.807) is 24.3 Å². The summed E-state index contributed by atoms with van der Waals surface area (Å²) in [5.41, 5.74) is 0.378. The number of pyridine rings is 1. The van der Waals surface area contributed by atoms with E-state index in [2.05, 4.69) is 4.98 Å². The SMILES string of the molecule is O=S(=O)(Oc1cccc2cccnc12)c1ccc(Cl)cc1F. The van der Waals surface area contributed by atoms with Crippen molar-refractivity contribution in [3.8, 4) is 5.75 Å². The second-order valence-electron chi connectivity index (χ2n) is 4.44. The minimum atomic E-state index is -4.33. The third kappa shape index (κ3) is 2.75. The lowest BCUT2D eigenvalue weighted by Gasteiger charge is -2.09. The molecular formula is C15H9ClFNO3S. The molecule has 22 heavy (non-hydrogen) atoms. The molecule has 0 aliphatic rings. The fraction of sp³-hybridized carbons (Fsp3) is 0. The summed E-state index contributed by atoms with van der Waals surface area (Å²) in [5, 5.41) is 0.815. The highest BCUT2D eigenvalue weighted by Crippen LogP contribution is 2.27. The van der Waals surface area contributed by atoms with Crippen molar-refractivity contribution in [1.82, 2.24) is 4.98 Å². The number of para-hydroxylation sites is 1. The van der Waals surface area contributed by atoms with E-state index in [0.29, 0.717) is 10.9 Å². The van der Waals surface area contributed by atoms with Crippen LogP contribution in [0.3, 0.4) is 0 Å². The standard InChI is InChI=1S/C15H9ClFNO3S/c16-11-6-7-14(12(17)9-11)22(19,20)21-13-5-1-3-10-4-2-8-18-15(10)13/h1-9H. The van der Waals surface area contributed by atoms with Gasteiger partial charge in [0.2, 0.25) is 0 Å². The Bertz CT molecular complexity index is 955. The highest BCUT2D eigenvalue weighted by Gasteiger charge is 2.22. The highest BCUT2D eigenvalue weighted by molar-refractivity contribution is 7.87. The molecule has 0 unspecified atom stereocenters. The number of aromatic nitrogens is 1. The smallest absolute Gasteiger partial charge is 0.342 e. The van der Waals surface area contributed by atoms with Crippen molar-refractivity contribution in [3.05, 3.63) is 65.6 Å². The summed E-state index contributed by atoms with van der Waals surface area (Å²) in [7, 11) is -4.33. The summed E-state index contributed by atoms with van der Waals surface area (Å²) in [6, 6.07) is 11.6. The van der Waals surface area contributed by atoms with Crippen LogP contribution in [0.5, 0.6) is 5.75 Å². The summed E-state index contributed by atoms with van der Waals surface area (Å²) in [4.78, 5) is 3.51. The molecule has 0 spiro atoms. The molecule has 0 fully saturated rings. The molecule has 0 saturated carbocycles. The van der Waals surface area contributed by atoms with Crippen LogP contribution >= 0.6 is 11.6 Å². The first-order valence-corrected chi connectivity index (χ1v) is 7.99. The number of rotatable bonds is 3. The van der Waals surface area contributed by atoms with Crippen LogP contribution in [0.2, 0.25) is 5.02 Å². The second kappa shape index (κ2) is 5.55. The lowest BCUT2D eigenvalue weighted by atomic mass is 10.2. The Kier molecular flexibility index (Phi) is 3.72. The fourth-order valence-corrected chi connectivity index (χ4v) is 3.14. The topological polar surface area (TPSA) is 56.3 Å². The average Bonchev–Trinajstić information content (AvgIpc) is 2.47. The van der Waals surface area contributed by atoms with Gasteiger partial charge in [-0.1, -0.05) is 29.8 Å². The Morgan fingerprint density at radius 3 is 2.64 bits per heavy atom. The van der Waals surface area contributed by atoms with Gasteiger partial charge in [-0.2, -0.15) is 8.42 Å². The van der Waals surface area contributed by atoms with Gasteiger partial charge >= 0.3 is 10.1 Å². The molecule has 0 aliphatic heterocycles. The molecule has 3 rings (SSSR count). The summed E-state index contributed by atoms with van der Waals surface area (Å²) < 4.78 is 43.3. The van der Waals surface area contributed by atoms with E-state index in [-0.39, 0.29) is 10.8 Å². The van der Waals surface area contributed by atoms with Crippen molar-refractivity contribution in [2.24, 2.45) is 0 Å². The van der Waals surface area contributed by atoms with Gasteiger partial charge in [0.15, 0.2) is 5.75 Å². The van der Waals surface area contributed by atoms with E-state index in [4.69, 9.17) is 15.8 Å². The van der Waals surface area contributed by atoms with Crippen LogP contribution in [0.1, 0.15) is 0 Å². The number of benzene rings is 2. The molecule has 0 radical (unpaired) electrons. The number of hydrogen-bond acceptors (Lipinski definition) is 4. The molecule has 0 amide bonds. The molecular weight excluding hydrogens is 329 g/mol. The Balaban J connectivity index is 2.07. The summed E-state index contributed by atoms with van der Waals surface area (Å²) in [5.74, 6) is -0.937. The van der Waals surface area contributed by atoms with Gasteiger partial charge in [0, 0.05) is 16.6 Å². The van der Waals surface area contributed by atoms with Crippen molar-refractivity contribution < 1.29 is 17.0 Å². The molecule has 0 atom stereocenters. The second-order valence-corrected chi connectivity index (χ2v) is 6.39. The lowest BCUT2D eigenvalue weighted by molar-refractivity contribution is 0.478. The van der Waals surface area contributed by atoms with Crippen molar-refractivity contribution in [2.45, 2.75) is 4.90 Å². The van der Waals surface area contributed by atoms with Gasteiger partial charge in [-0.25, -0.2) is 4.39 Å². The van der Waals surface area contributed by atoms with Crippen molar-refractivity contribution in [1.29, 1.82) is 0 Å². The normalized spacial score (nSPS) is 11.5. The molecule has 1 heterocycles. The van der Waals surface area contributed by atoms with Crippen LogP contribution in [-0.2, 0) is 10.1 Å². The lowest BCUT2D eigenvalue weighted by Crippen LogP contribution is -2.12. The van der Waals surface area contributed by atoms with Crippen LogP contribution in [-0.4, -0.2) is 13.4 Å². The number of fused-ring (bicyclic) bond motifs is 1. The van der Waals surface area contributed by atoms with E-state index in [1.165, 1.54) is 18.3 Å². The molecule has 7 heteroatoms. The van der Waals surface area contributed by atoms with E-state index in [0.717, 1.165) is 12.1 Å².